The molecule has 0 radical (unpaired) electrons. The van der Waals surface area contributed by atoms with Gasteiger partial charge in [0.25, 0.3) is 0 Å². The summed E-state index contributed by atoms with van der Waals surface area (Å²) in [6, 6.07) is 11.2. The van der Waals surface area contributed by atoms with Gasteiger partial charge in [-0.05, 0) is 44.9 Å². The monoisotopic (exact) mass is 262 g/mol. The maximum absolute atomic E-state index is 5.67. The van der Waals surface area contributed by atoms with Crippen LogP contribution in [0.4, 0.5) is 0 Å². The summed E-state index contributed by atoms with van der Waals surface area (Å²) in [7, 11) is 0. The maximum Gasteiger partial charge on any atom is 0.119 e. The highest BCUT2D eigenvalue weighted by Gasteiger charge is 2.15. The van der Waals surface area contributed by atoms with E-state index in [9.17, 15) is 0 Å². The Kier molecular flexibility index (Phi) is 6.18. The molecule has 106 valence electrons. The van der Waals surface area contributed by atoms with Crippen LogP contribution in [0.2, 0.25) is 0 Å². The van der Waals surface area contributed by atoms with Crippen LogP contribution in [0.1, 0.15) is 32.6 Å². The van der Waals surface area contributed by atoms with Gasteiger partial charge >= 0.3 is 0 Å². The number of hydrogen-bond acceptors (Lipinski definition) is 3. The smallest absolute Gasteiger partial charge is 0.119 e. The summed E-state index contributed by atoms with van der Waals surface area (Å²) in [6.45, 7) is 5.09. The Morgan fingerprint density at radius 1 is 1.32 bits per heavy atom. The molecule has 1 aliphatic heterocycles. The van der Waals surface area contributed by atoms with Gasteiger partial charge in [-0.15, -0.1) is 0 Å². The Balaban J connectivity index is 1.55. The highest BCUT2D eigenvalue weighted by Crippen LogP contribution is 2.12. The zero-order valence-corrected chi connectivity index (χ0v) is 11.9. The molecule has 2 N–H and O–H groups in total. The number of nitrogens with one attached hydrogen (secondary N) is 2. The third-order valence-corrected chi connectivity index (χ3v) is 3.66. The first-order valence-electron chi connectivity index (χ1n) is 7.49. The van der Waals surface area contributed by atoms with Crippen molar-refractivity contribution in [1.29, 1.82) is 0 Å². The van der Waals surface area contributed by atoms with E-state index in [0.717, 1.165) is 18.9 Å². The lowest BCUT2D eigenvalue weighted by molar-refractivity contribution is 0.293. The van der Waals surface area contributed by atoms with E-state index in [1.807, 2.05) is 30.3 Å². The van der Waals surface area contributed by atoms with Gasteiger partial charge in [-0.3, -0.25) is 0 Å². The van der Waals surface area contributed by atoms with Gasteiger partial charge in [0.1, 0.15) is 12.4 Å². The van der Waals surface area contributed by atoms with Crippen molar-refractivity contribution in [3.05, 3.63) is 30.3 Å². The Bertz CT molecular complexity index is 336. The fraction of sp³-hybridized carbons (Fsp3) is 0.625. The Hall–Kier alpha value is -1.06. The Morgan fingerprint density at radius 2 is 2.16 bits per heavy atom. The van der Waals surface area contributed by atoms with Crippen molar-refractivity contribution in [2.24, 2.45) is 0 Å². The van der Waals surface area contributed by atoms with E-state index in [-0.39, 0.29) is 0 Å². The topological polar surface area (TPSA) is 33.3 Å². The highest BCUT2D eigenvalue weighted by atomic mass is 16.5. The van der Waals surface area contributed by atoms with E-state index in [1.54, 1.807) is 0 Å². The number of rotatable bonds is 7. The average Bonchev–Trinajstić information content (AvgIpc) is 2.46. The lowest BCUT2D eigenvalue weighted by Crippen LogP contribution is -2.40. The predicted molar refractivity (Wildman–Crippen MR) is 79.7 cm³/mol. The van der Waals surface area contributed by atoms with Crippen molar-refractivity contribution in [1.82, 2.24) is 10.6 Å². The van der Waals surface area contributed by atoms with Crippen LogP contribution < -0.4 is 15.4 Å². The molecule has 0 amide bonds. The van der Waals surface area contributed by atoms with E-state index < -0.39 is 0 Å². The molecule has 19 heavy (non-hydrogen) atoms. The van der Waals surface area contributed by atoms with Gasteiger partial charge in [-0.25, -0.2) is 0 Å². The van der Waals surface area contributed by atoms with Gasteiger partial charge in [0.15, 0.2) is 0 Å². The number of ether oxygens (including phenoxy) is 1. The van der Waals surface area contributed by atoms with Gasteiger partial charge in [0, 0.05) is 18.6 Å². The second-order valence-electron chi connectivity index (χ2n) is 5.40. The van der Waals surface area contributed by atoms with Crippen LogP contribution in [-0.4, -0.2) is 31.8 Å². The van der Waals surface area contributed by atoms with Gasteiger partial charge < -0.3 is 15.4 Å². The first kappa shape index (κ1) is 14.4. The first-order chi connectivity index (χ1) is 9.34. The standard InChI is InChI=1S/C16H26N2O/c1-14(13-15-7-5-6-10-18-15)17-11-12-19-16-8-3-2-4-9-16/h2-4,8-9,14-15,17-18H,5-7,10-13H2,1H3. The molecule has 3 nitrogen and oxygen atoms in total. The van der Waals surface area contributed by atoms with Gasteiger partial charge in [-0.2, -0.15) is 0 Å². The molecule has 1 heterocycles. The SMILES string of the molecule is CC(CC1CCCCN1)NCCOc1ccccc1. The third-order valence-electron chi connectivity index (χ3n) is 3.66. The molecule has 0 spiro atoms. The van der Waals surface area contributed by atoms with Crippen LogP contribution in [0, 0.1) is 0 Å². The summed E-state index contributed by atoms with van der Waals surface area (Å²) in [5.74, 6) is 0.950. The molecule has 3 heteroatoms. The van der Waals surface area contributed by atoms with Crippen molar-refractivity contribution >= 4 is 0 Å². The quantitative estimate of drug-likeness (QED) is 0.741. The van der Waals surface area contributed by atoms with Gasteiger partial charge in [-0.1, -0.05) is 24.6 Å². The molecule has 1 saturated heterocycles. The molecule has 2 unspecified atom stereocenters. The fourth-order valence-electron chi connectivity index (χ4n) is 2.63. The zero-order valence-electron chi connectivity index (χ0n) is 11.9. The predicted octanol–water partition coefficient (Wildman–Crippen LogP) is 2.58. The highest BCUT2D eigenvalue weighted by molar-refractivity contribution is 5.20. The molecule has 0 bridgehead atoms. The molecule has 1 aliphatic rings. The summed E-state index contributed by atoms with van der Waals surface area (Å²) in [5.41, 5.74) is 0. The molecule has 0 saturated carbocycles. The second kappa shape index (κ2) is 8.18. The summed E-state index contributed by atoms with van der Waals surface area (Å²) in [6.07, 6.45) is 5.25. The van der Waals surface area contributed by atoms with Crippen molar-refractivity contribution in [3.63, 3.8) is 0 Å². The number of hydrogen-bond donors (Lipinski definition) is 2. The second-order valence-corrected chi connectivity index (χ2v) is 5.40. The van der Waals surface area contributed by atoms with Crippen LogP contribution in [0.15, 0.2) is 30.3 Å². The minimum Gasteiger partial charge on any atom is -0.492 e. The number of piperidine rings is 1. The van der Waals surface area contributed by atoms with Crippen molar-refractivity contribution in [2.45, 2.75) is 44.7 Å². The average molecular weight is 262 g/mol. The maximum atomic E-state index is 5.67. The lowest BCUT2D eigenvalue weighted by Gasteiger charge is -2.26. The first-order valence-corrected chi connectivity index (χ1v) is 7.49. The molecule has 2 rings (SSSR count). The van der Waals surface area contributed by atoms with Crippen LogP contribution in [0.5, 0.6) is 5.75 Å². The number of benzene rings is 1. The minimum absolute atomic E-state index is 0.551. The molecule has 0 aliphatic carbocycles. The minimum atomic E-state index is 0.551. The van der Waals surface area contributed by atoms with Crippen LogP contribution in [0.25, 0.3) is 0 Å². The van der Waals surface area contributed by atoms with E-state index in [2.05, 4.69) is 17.6 Å². The van der Waals surface area contributed by atoms with Crippen LogP contribution in [0.3, 0.4) is 0 Å². The zero-order chi connectivity index (χ0) is 13.3. The van der Waals surface area contributed by atoms with Crippen molar-refractivity contribution < 1.29 is 4.74 Å². The van der Waals surface area contributed by atoms with Gasteiger partial charge in [0.2, 0.25) is 0 Å². The summed E-state index contributed by atoms with van der Waals surface area (Å²) in [5, 5.41) is 7.13. The molecule has 1 aromatic carbocycles. The van der Waals surface area contributed by atoms with Crippen molar-refractivity contribution in [2.75, 3.05) is 19.7 Å². The molecule has 2 atom stereocenters. The van der Waals surface area contributed by atoms with E-state index in [4.69, 9.17) is 4.74 Å². The molecule has 1 fully saturated rings. The third kappa shape index (κ3) is 5.62. The summed E-state index contributed by atoms with van der Waals surface area (Å²) < 4.78 is 5.67. The normalized spacial score (nSPS) is 21.0. The largest absolute Gasteiger partial charge is 0.492 e. The van der Waals surface area contributed by atoms with E-state index in [0.29, 0.717) is 12.1 Å². The lowest BCUT2D eigenvalue weighted by atomic mass is 9.99. The molecular weight excluding hydrogens is 236 g/mol. The fourth-order valence-corrected chi connectivity index (χ4v) is 2.63. The molecule has 0 aromatic heterocycles. The number of para-hydroxylation sites is 1. The van der Waals surface area contributed by atoms with Crippen LogP contribution >= 0.6 is 0 Å². The Morgan fingerprint density at radius 3 is 2.89 bits per heavy atom. The van der Waals surface area contributed by atoms with Crippen molar-refractivity contribution in [3.8, 4) is 5.75 Å². The molecule has 1 aromatic rings. The Labute approximate surface area is 116 Å². The van der Waals surface area contributed by atoms with Crippen LogP contribution in [-0.2, 0) is 0 Å². The summed E-state index contributed by atoms with van der Waals surface area (Å²) in [4.78, 5) is 0. The van der Waals surface area contributed by atoms with Gasteiger partial charge in [0.05, 0.1) is 0 Å². The molecular formula is C16H26N2O. The van der Waals surface area contributed by atoms with E-state index in [1.165, 1.54) is 32.2 Å². The van der Waals surface area contributed by atoms with E-state index >= 15 is 0 Å². The summed E-state index contributed by atoms with van der Waals surface area (Å²) >= 11 is 0.